The van der Waals surface area contributed by atoms with Gasteiger partial charge in [0.1, 0.15) is 10.7 Å². The van der Waals surface area contributed by atoms with Gasteiger partial charge in [-0.3, -0.25) is 0 Å². The van der Waals surface area contributed by atoms with Crippen LogP contribution in [0, 0.1) is 13.8 Å². The first-order chi connectivity index (χ1) is 9.94. The maximum Gasteiger partial charge on any atom is 0.242 e. The van der Waals surface area contributed by atoms with Crippen molar-refractivity contribution in [3.8, 4) is 0 Å². The molecule has 0 aliphatic heterocycles. The highest BCUT2D eigenvalue weighted by Gasteiger charge is 2.22. The molecule has 0 aliphatic carbocycles. The molecule has 2 aromatic rings. The smallest absolute Gasteiger partial charge is 0.242 e. The number of hydrogen-bond acceptors (Lipinski definition) is 6. The zero-order valence-electron chi connectivity index (χ0n) is 12.3. The van der Waals surface area contributed by atoms with Crippen molar-refractivity contribution in [1.82, 2.24) is 15.2 Å². The first kappa shape index (κ1) is 16.2. The molecule has 0 saturated carbocycles. The van der Waals surface area contributed by atoms with Gasteiger partial charge in [-0.1, -0.05) is 12.1 Å². The third-order valence-electron chi connectivity index (χ3n) is 2.91. The molecule has 21 heavy (non-hydrogen) atoms. The van der Waals surface area contributed by atoms with E-state index in [4.69, 9.17) is 4.52 Å². The van der Waals surface area contributed by atoms with Gasteiger partial charge in [-0.15, -0.1) is 11.3 Å². The van der Waals surface area contributed by atoms with Crippen LogP contribution in [-0.2, 0) is 23.1 Å². The van der Waals surface area contributed by atoms with Gasteiger partial charge >= 0.3 is 0 Å². The van der Waals surface area contributed by atoms with Gasteiger partial charge in [0.25, 0.3) is 0 Å². The summed E-state index contributed by atoms with van der Waals surface area (Å²) in [5.41, 5.74) is 1.33. The average molecular weight is 329 g/mol. The summed E-state index contributed by atoms with van der Waals surface area (Å²) in [4.78, 5) is 1.19. The van der Waals surface area contributed by atoms with E-state index in [-0.39, 0.29) is 6.54 Å². The molecule has 0 aromatic carbocycles. The maximum absolute atomic E-state index is 12.5. The lowest BCUT2D eigenvalue weighted by Gasteiger charge is -2.08. The summed E-state index contributed by atoms with van der Waals surface area (Å²) in [7, 11) is -3.56. The van der Waals surface area contributed by atoms with Gasteiger partial charge in [-0.25, -0.2) is 13.1 Å². The summed E-state index contributed by atoms with van der Waals surface area (Å²) < 4.78 is 32.5. The van der Waals surface area contributed by atoms with Crippen LogP contribution in [0.3, 0.4) is 0 Å². The first-order valence-electron chi connectivity index (χ1n) is 6.63. The van der Waals surface area contributed by atoms with Crippen LogP contribution in [0.1, 0.15) is 28.8 Å². The second-order valence-corrected chi connectivity index (χ2v) is 7.37. The topological polar surface area (TPSA) is 84.2 Å². The number of aromatic nitrogens is 1. The number of rotatable bonds is 7. The summed E-state index contributed by atoms with van der Waals surface area (Å²) in [5.74, 6) is 0.656. The summed E-state index contributed by atoms with van der Waals surface area (Å²) in [6.07, 6.45) is 0. The van der Waals surface area contributed by atoms with Crippen LogP contribution in [0.4, 0.5) is 0 Å². The molecule has 116 valence electrons. The Morgan fingerprint density at radius 3 is 2.71 bits per heavy atom. The van der Waals surface area contributed by atoms with Gasteiger partial charge < -0.3 is 9.84 Å². The van der Waals surface area contributed by atoms with Crippen molar-refractivity contribution in [2.24, 2.45) is 0 Å². The molecule has 0 unspecified atom stereocenters. The van der Waals surface area contributed by atoms with E-state index in [1.54, 1.807) is 19.9 Å². The minimum atomic E-state index is -3.56. The molecule has 0 amide bonds. The molecular weight excluding hydrogens is 310 g/mol. The van der Waals surface area contributed by atoms with Gasteiger partial charge in [0.2, 0.25) is 10.0 Å². The third-order valence-corrected chi connectivity index (χ3v) is 5.78. The van der Waals surface area contributed by atoms with Gasteiger partial charge in [0.15, 0.2) is 0 Å². The monoisotopic (exact) mass is 329 g/mol. The Balaban J connectivity index is 2.17. The van der Waals surface area contributed by atoms with Gasteiger partial charge in [0, 0.05) is 17.5 Å². The van der Waals surface area contributed by atoms with E-state index in [0.717, 1.165) is 17.0 Å². The van der Waals surface area contributed by atoms with Crippen LogP contribution in [0.5, 0.6) is 0 Å². The zero-order chi connectivity index (χ0) is 15.5. The van der Waals surface area contributed by atoms with Crippen molar-refractivity contribution >= 4 is 21.4 Å². The molecule has 0 bridgehead atoms. The molecule has 2 heterocycles. The molecule has 0 spiro atoms. The van der Waals surface area contributed by atoms with Crippen LogP contribution < -0.4 is 10.0 Å². The Bertz CT molecular complexity index is 704. The van der Waals surface area contributed by atoms with Gasteiger partial charge in [-0.05, 0) is 31.3 Å². The molecule has 2 N–H and O–H groups in total. The second-order valence-electron chi connectivity index (χ2n) is 4.70. The Hall–Kier alpha value is -1.22. The van der Waals surface area contributed by atoms with E-state index in [2.05, 4.69) is 15.2 Å². The van der Waals surface area contributed by atoms with E-state index in [1.807, 2.05) is 12.3 Å². The van der Waals surface area contributed by atoms with Crippen molar-refractivity contribution in [2.45, 2.75) is 38.8 Å². The predicted molar refractivity (Wildman–Crippen MR) is 81.7 cm³/mol. The van der Waals surface area contributed by atoms with Crippen LogP contribution in [-0.4, -0.2) is 20.1 Å². The van der Waals surface area contributed by atoms with Crippen LogP contribution in [0.15, 0.2) is 20.9 Å². The summed E-state index contributed by atoms with van der Waals surface area (Å²) in [6, 6.07) is 1.71. The Kier molecular flexibility index (Phi) is 5.15. The fraction of sp³-hybridized carbons (Fsp3) is 0.462. The highest BCUT2D eigenvalue weighted by molar-refractivity contribution is 7.89. The molecule has 6 nitrogen and oxygen atoms in total. The molecule has 0 radical (unpaired) electrons. The predicted octanol–water partition coefficient (Wildman–Crippen LogP) is 1.94. The number of sulfonamides is 1. The van der Waals surface area contributed by atoms with Crippen molar-refractivity contribution in [3.05, 3.63) is 33.3 Å². The number of aryl methyl sites for hydroxylation is 2. The van der Waals surface area contributed by atoms with E-state index in [9.17, 15) is 8.42 Å². The largest absolute Gasteiger partial charge is 0.361 e. The molecule has 0 atom stereocenters. The molecule has 0 saturated heterocycles. The number of thiophene rings is 1. The van der Waals surface area contributed by atoms with Crippen molar-refractivity contribution in [2.75, 3.05) is 6.54 Å². The van der Waals surface area contributed by atoms with Gasteiger partial charge in [0.05, 0.1) is 12.2 Å². The maximum atomic E-state index is 12.5. The zero-order valence-corrected chi connectivity index (χ0v) is 13.9. The molecule has 8 heteroatoms. The quantitative estimate of drug-likeness (QED) is 0.811. The third kappa shape index (κ3) is 3.91. The standard InChI is InChI=1S/C13H19N3O3S2/c1-4-14-7-12-13(9(2)8-20-12)21(17,18)15-6-11-5-10(3)19-16-11/h5,8,14-15H,4,6-7H2,1-3H3. The van der Waals surface area contributed by atoms with Crippen LogP contribution in [0.25, 0.3) is 0 Å². The first-order valence-corrected chi connectivity index (χ1v) is 9.00. The van der Waals surface area contributed by atoms with Crippen LogP contribution in [0.2, 0.25) is 0 Å². The second kappa shape index (κ2) is 6.69. The highest BCUT2D eigenvalue weighted by atomic mass is 32.2. The average Bonchev–Trinajstić information content (AvgIpc) is 3.00. The Labute approximate surface area is 128 Å². The van der Waals surface area contributed by atoms with E-state index < -0.39 is 10.0 Å². The Morgan fingerprint density at radius 2 is 2.10 bits per heavy atom. The van der Waals surface area contributed by atoms with E-state index in [0.29, 0.717) is 22.9 Å². The van der Waals surface area contributed by atoms with E-state index >= 15 is 0 Å². The lowest BCUT2D eigenvalue weighted by atomic mass is 10.3. The summed E-state index contributed by atoms with van der Waals surface area (Å²) >= 11 is 1.45. The molecule has 2 rings (SSSR count). The summed E-state index contributed by atoms with van der Waals surface area (Å²) in [5, 5.41) is 8.80. The Morgan fingerprint density at radius 1 is 1.33 bits per heavy atom. The minimum absolute atomic E-state index is 0.121. The van der Waals surface area contributed by atoms with Gasteiger partial charge in [-0.2, -0.15) is 0 Å². The number of nitrogens with one attached hydrogen (secondary N) is 2. The summed E-state index contributed by atoms with van der Waals surface area (Å²) in [6.45, 7) is 7.02. The molecule has 0 fully saturated rings. The lowest BCUT2D eigenvalue weighted by Crippen LogP contribution is -2.25. The molecule has 0 aliphatic rings. The number of hydrogen-bond donors (Lipinski definition) is 2. The molecular formula is C13H19N3O3S2. The normalized spacial score (nSPS) is 12.0. The van der Waals surface area contributed by atoms with Crippen molar-refractivity contribution < 1.29 is 12.9 Å². The van der Waals surface area contributed by atoms with E-state index in [1.165, 1.54) is 11.3 Å². The molecule has 2 aromatic heterocycles. The van der Waals surface area contributed by atoms with Crippen LogP contribution >= 0.6 is 11.3 Å². The fourth-order valence-corrected chi connectivity index (χ4v) is 4.73. The number of nitrogens with zero attached hydrogens (tertiary/aromatic N) is 1. The highest BCUT2D eigenvalue weighted by Crippen LogP contribution is 2.26. The van der Waals surface area contributed by atoms with Crippen molar-refractivity contribution in [1.29, 1.82) is 0 Å². The minimum Gasteiger partial charge on any atom is -0.361 e. The lowest BCUT2D eigenvalue weighted by molar-refractivity contribution is 0.390. The SMILES string of the molecule is CCNCc1scc(C)c1S(=O)(=O)NCc1cc(C)on1. The fourth-order valence-electron chi connectivity index (χ4n) is 1.95. The van der Waals surface area contributed by atoms with Crippen molar-refractivity contribution in [3.63, 3.8) is 0 Å².